The number of hydrogen-bond donors (Lipinski definition) is 1. The molecular formula is C22H34IN5O2. The highest BCUT2D eigenvalue weighted by Gasteiger charge is 2.42. The van der Waals surface area contributed by atoms with E-state index in [0.717, 1.165) is 76.0 Å². The van der Waals surface area contributed by atoms with Gasteiger partial charge in [-0.3, -0.25) is 9.79 Å². The fraction of sp³-hybridized carbons (Fsp3) is 0.636. The molecule has 3 fully saturated rings. The summed E-state index contributed by atoms with van der Waals surface area (Å²) in [5.41, 5.74) is 2.24. The van der Waals surface area contributed by atoms with Gasteiger partial charge in [-0.25, -0.2) is 0 Å². The molecule has 0 aromatic heterocycles. The van der Waals surface area contributed by atoms with E-state index >= 15 is 0 Å². The molecule has 1 N–H and O–H groups in total. The average Bonchev–Trinajstić information content (AvgIpc) is 3.39. The van der Waals surface area contributed by atoms with E-state index in [1.165, 1.54) is 6.42 Å². The van der Waals surface area contributed by atoms with Gasteiger partial charge < -0.3 is 24.8 Å². The van der Waals surface area contributed by atoms with Crippen molar-refractivity contribution in [2.75, 3.05) is 66.6 Å². The van der Waals surface area contributed by atoms with Gasteiger partial charge in [-0.2, -0.15) is 0 Å². The van der Waals surface area contributed by atoms with E-state index in [-0.39, 0.29) is 29.9 Å². The van der Waals surface area contributed by atoms with Gasteiger partial charge in [-0.15, -0.1) is 24.0 Å². The zero-order chi connectivity index (χ0) is 20.3. The lowest BCUT2D eigenvalue weighted by atomic mass is 9.87. The van der Waals surface area contributed by atoms with E-state index in [4.69, 9.17) is 4.74 Å². The van der Waals surface area contributed by atoms with Crippen LogP contribution >= 0.6 is 24.0 Å². The van der Waals surface area contributed by atoms with Gasteiger partial charge in [0.2, 0.25) is 0 Å². The van der Waals surface area contributed by atoms with Crippen molar-refractivity contribution >= 4 is 35.8 Å². The second kappa shape index (κ2) is 10.3. The number of amides is 1. The van der Waals surface area contributed by atoms with Crippen LogP contribution < -0.4 is 5.32 Å². The third-order valence-electron chi connectivity index (χ3n) is 6.58. The van der Waals surface area contributed by atoms with Crippen LogP contribution in [0.25, 0.3) is 0 Å². The molecule has 1 atom stereocenters. The van der Waals surface area contributed by atoms with Crippen molar-refractivity contribution in [1.82, 2.24) is 20.0 Å². The summed E-state index contributed by atoms with van der Waals surface area (Å²) in [5.74, 6) is 1.08. The summed E-state index contributed by atoms with van der Waals surface area (Å²) in [4.78, 5) is 23.7. The van der Waals surface area contributed by atoms with Gasteiger partial charge >= 0.3 is 0 Å². The first-order valence-corrected chi connectivity index (χ1v) is 10.7. The van der Waals surface area contributed by atoms with Crippen molar-refractivity contribution in [3.05, 3.63) is 35.4 Å². The number of piperazine rings is 1. The van der Waals surface area contributed by atoms with Gasteiger partial charge in [0.1, 0.15) is 0 Å². The van der Waals surface area contributed by atoms with Gasteiger partial charge in [-0.05, 0) is 37.6 Å². The number of halogens is 1. The third kappa shape index (κ3) is 5.26. The number of carbonyl (C=O) groups is 1. The van der Waals surface area contributed by atoms with Crippen molar-refractivity contribution < 1.29 is 9.53 Å². The molecule has 1 aromatic rings. The minimum Gasteiger partial charge on any atom is -0.381 e. The van der Waals surface area contributed by atoms with Crippen LogP contribution in [0.3, 0.4) is 0 Å². The van der Waals surface area contributed by atoms with Crippen molar-refractivity contribution in [2.24, 2.45) is 10.4 Å². The lowest BCUT2D eigenvalue weighted by Crippen LogP contribution is -2.47. The second-order valence-corrected chi connectivity index (χ2v) is 8.67. The molecule has 166 valence electrons. The largest absolute Gasteiger partial charge is 0.381 e. The Balaban J connectivity index is 0.00000256. The van der Waals surface area contributed by atoms with Crippen LogP contribution in [-0.2, 0) is 11.3 Å². The third-order valence-corrected chi connectivity index (χ3v) is 6.58. The molecule has 3 aliphatic heterocycles. The summed E-state index contributed by atoms with van der Waals surface area (Å²) in [6.45, 7) is 8.01. The first kappa shape index (κ1) is 23.3. The molecule has 3 saturated heterocycles. The number of nitrogens with one attached hydrogen (secondary N) is 1. The first-order chi connectivity index (χ1) is 14.1. The molecule has 0 aliphatic carbocycles. The first-order valence-electron chi connectivity index (χ1n) is 10.7. The summed E-state index contributed by atoms with van der Waals surface area (Å²) < 4.78 is 5.63. The minimum atomic E-state index is 0. The van der Waals surface area contributed by atoms with E-state index < -0.39 is 0 Å². The van der Waals surface area contributed by atoms with Crippen LogP contribution in [-0.4, -0.2) is 93.1 Å². The van der Waals surface area contributed by atoms with E-state index in [9.17, 15) is 4.79 Å². The highest BCUT2D eigenvalue weighted by Crippen LogP contribution is 2.38. The SMILES string of the molecule is CN=C(NCc1ccc(C(=O)N2CCN(C)CC2)cc1)N1CCC2(CCOC2)C1.I. The number of nitrogens with zero attached hydrogens (tertiary/aromatic N) is 4. The van der Waals surface area contributed by atoms with Crippen LogP contribution in [0.2, 0.25) is 0 Å². The maximum atomic E-state index is 12.7. The number of ether oxygens (including phenoxy) is 1. The summed E-state index contributed by atoms with van der Waals surface area (Å²) in [6.07, 6.45) is 2.33. The van der Waals surface area contributed by atoms with E-state index in [0.29, 0.717) is 12.0 Å². The molecule has 1 aromatic carbocycles. The molecule has 0 bridgehead atoms. The number of likely N-dealkylation sites (tertiary alicyclic amines) is 1. The van der Waals surface area contributed by atoms with E-state index in [1.54, 1.807) is 0 Å². The Morgan fingerprint density at radius 2 is 1.83 bits per heavy atom. The molecule has 4 rings (SSSR count). The van der Waals surface area contributed by atoms with Crippen LogP contribution in [0, 0.1) is 5.41 Å². The Labute approximate surface area is 196 Å². The predicted octanol–water partition coefficient (Wildman–Crippen LogP) is 1.88. The smallest absolute Gasteiger partial charge is 0.253 e. The highest BCUT2D eigenvalue weighted by molar-refractivity contribution is 14.0. The summed E-state index contributed by atoms with van der Waals surface area (Å²) in [6, 6.07) is 7.97. The number of guanidine groups is 1. The Kier molecular flexibility index (Phi) is 7.98. The average molecular weight is 527 g/mol. The topological polar surface area (TPSA) is 60.4 Å². The lowest BCUT2D eigenvalue weighted by molar-refractivity contribution is 0.0664. The van der Waals surface area contributed by atoms with Gasteiger partial charge in [0.05, 0.1) is 6.61 Å². The molecule has 8 heteroatoms. The monoisotopic (exact) mass is 527 g/mol. The molecule has 1 spiro atoms. The molecule has 0 radical (unpaired) electrons. The molecule has 3 heterocycles. The van der Waals surface area contributed by atoms with Crippen LogP contribution in [0.1, 0.15) is 28.8 Å². The summed E-state index contributed by atoms with van der Waals surface area (Å²) in [7, 11) is 3.94. The second-order valence-electron chi connectivity index (χ2n) is 8.67. The number of hydrogen-bond acceptors (Lipinski definition) is 4. The van der Waals surface area contributed by atoms with Gasteiger partial charge in [0.15, 0.2) is 5.96 Å². The highest BCUT2D eigenvalue weighted by atomic mass is 127. The Morgan fingerprint density at radius 3 is 2.47 bits per heavy atom. The number of aliphatic imine (C=N–C) groups is 1. The van der Waals surface area contributed by atoms with Crippen molar-refractivity contribution in [2.45, 2.75) is 19.4 Å². The van der Waals surface area contributed by atoms with Crippen LogP contribution in [0.4, 0.5) is 0 Å². The van der Waals surface area contributed by atoms with Gasteiger partial charge in [0, 0.05) is 70.4 Å². The van der Waals surface area contributed by atoms with Crippen molar-refractivity contribution in [3.8, 4) is 0 Å². The van der Waals surface area contributed by atoms with Crippen LogP contribution in [0.15, 0.2) is 29.3 Å². The van der Waals surface area contributed by atoms with Crippen LogP contribution in [0.5, 0.6) is 0 Å². The summed E-state index contributed by atoms with van der Waals surface area (Å²) in [5, 5.41) is 3.49. The molecule has 0 saturated carbocycles. The molecule has 30 heavy (non-hydrogen) atoms. The standard InChI is InChI=1S/C22H33N5O2.HI/c1-23-21(27-9-7-22(16-27)8-14-29-17-22)24-15-18-3-5-19(6-4-18)20(28)26-12-10-25(2)11-13-26;/h3-6H,7-17H2,1-2H3,(H,23,24);1H. The predicted molar refractivity (Wildman–Crippen MR) is 130 cm³/mol. The molecule has 3 aliphatic rings. The molecule has 1 amide bonds. The van der Waals surface area contributed by atoms with E-state index in [1.807, 2.05) is 36.2 Å². The number of rotatable bonds is 3. The lowest BCUT2D eigenvalue weighted by Gasteiger charge is -2.32. The van der Waals surface area contributed by atoms with Gasteiger partial charge in [0.25, 0.3) is 5.91 Å². The zero-order valence-corrected chi connectivity index (χ0v) is 20.4. The Hall–Kier alpha value is -1.39. The molecule has 1 unspecified atom stereocenters. The molecule has 7 nitrogen and oxygen atoms in total. The van der Waals surface area contributed by atoms with Crippen molar-refractivity contribution in [1.29, 1.82) is 0 Å². The van der Waals surface area contributed by atoms with Crippen molar-refractivity contribution in [3.63, 3.8) is 0 Å². The number of benzene rings is 1. The Morgan fingerprint density at radius 1 is 1.10 bits per heavy atom. The minimum absolute atomic E-state index is 0. The molecular weight excluding hydrogens is 493 g/mol. The summed E-state index contributed by atoms with van der Waals surface area (Å²) >= 11 is 0. The normalized spacial score (nSPS) is 24.9. The van der Waals surface area contributed by atoms with E-state index in [2.05, 4.69) is 27.2 Å². The maximum absolute atomic E-state index is 12.7. The maximum Gasteiger partial charge on any atom is 0.253 e. The quantitative estimate of drug-likeness (QED) is 0.370. The fourth-order valence-electron chi connectivity index (χ4n) is 4.56. The van der Waals surface area contributed by atoms with Gasteiger partial charge in [-0.1, -0.05) is 12.1 Å². The fourth-order valence-corrected chi connectivity index (χ4v) is 4.56. The zero-order valence-electron chi connectivity index (χ0n) is 18.1. The number of carbonyl (C=O) groups excluding carboxylic acids is 1. The number of likely N-dealkylation sites (N-methyl/N-ethyl adjacent to an activating group) is 1. The Bertz CT molecular complexity index is 740.